The van der Waals surface area contributed by atoms with Crippen LogP contribution in [0.3, 0.4) is 0 Å². The molecule has 0 bridgehead atoms. The molecule has 0 heterocycles. The zero-order chi connectivity index (χ0) is 21.9. The first-order valence-electron chi connectivity index (χ1n) is 9.50. The molecule has 1 aromatic rings. The van der Waals surface area contributed by atoms with Crippen LogP contribution in [0.15, 0.2) is 24.3 Å². The third kappa shape index (κ3) is 7.91. The smallest absolute Gasteiger partial charge is 0.325 e. The van der Waals surface area contributed by atoms with Gasteiger partial charge in [0, 0.05) is 5.69 Å². The summed E-state index contributed by atoms with van der Waals surface area (Å²) in [6.07, 6.45) is 0.0984. The monoisotopic (exact) mass is 513 g/mol. The molecular formula is C18H30BrNO7P2. The third-order valence-corrected chi connectivity index (χ3v) is 10.2. The number of hydrogen-bond acceptors (Lipinski definition) is 7. The maximum absolute atomic E-state index is 13.5. The quantitative estimate of drug-likeness (QED) is 0.261. The van der Waals surface area contributed by atoms with Gasteiger partial charge in [0.05, 0.1) is 31.8 Å². The van der Waals surface area contributed by atoms with Gasteiger partial charge >= 0.3 is 15.2 Å². The lowest BCUT2D eigenvalue weighted by atomic mass is 10.1. The Kier molecular flexibility index (Phi) is 11.9. The van der Waals surface area contributed by atoms with E-state index in [-0.39, 0.29) is 44.1 Å². The Labute approximate surface area is 181 Å². The number of amides is 1. The number of hydrogen-bond donors (Lipinski definition) is 1. The molecule has 0 radical (unpaired) electrons. The molecule has 0 spiro atoms. The Balaban J connectivity index is 3.28. The molecule has 0 atom stereocenters. The fraction of sp³-hybridized carbons (Fsp3) is 0.611. The van der Waals surface area contributed by atoms with E-state index in [0.29, 0.717) is 5.69 Å². The Morgan fingerprint density at radius 3 is 1.66 bits per heavy atom. The first-order valence-corrected chi connectivity index (χ1v) is 13.8. The summed E-state index contributed by atoms with van der Waals surface area (Å²) in [5.41, 5.74) is 1.34. The molecule has 1 rings (SSSR count). The normalized spacial score (nSPS) is 12.3. The van der Waals surface area contributed by atoms with Crippen molar-refractivity contribution in [2.75, 3.05) is 37.1 Å². The standard InChI is InChI=1S/C18H30BrNO7P2/c1-5-24-28(22,25-6-2)18(29(23,26-7-3)27-8-4)13-15-9-11-16(12-10-15)20-17(21)14-19/h9-12,18H,5-8,13-14H2,1-4H3,(H,20,21). The van der Waals surface area contributed by atoms with Crippen LogP contribution in [0.4, 0.5) is 5.69 Å². The van der Waals surface area contributed by atoms with Crippen LogP contribution in [0.25, 0.3) is 0 Å². The molecule has 1 N–H and O–H groups in total. The summed E-state index contributed by atoms with van der Waals surface area (Å²) < 4.78 is 48.9. The Hall–Kier alpha value is -0.530. The van der Waals surface area contributed by atoms with Crippen LogP contribution < -0.4 is 5.32 Å². The van der Waals surface area contributed by atoms with Crippen LogP contribution in [0, 0.1) is 0 Å². The molecule has 0 fully saturated rings. The summed E-state index contributed by atoms with van der Waals surface area (Å²) in [5.74, 6) is -0.176. The van der Waals surface area contributed by atoms with Gasteiger partial charge in [0.15, 0.2) is 5.40 Å². The summed E-state index contributed by atoms with van der Waals surface area (Å²) >= 11 is 3.09. The minimum Gasteiger partial charge on any atom is -0.325 e. The van der Waals surface area contributed by atoms with E-state index in [1.165, 1.54) is 0 Å². The van der Waals surface area contributed by atoms with Crippen LogP contribution in [0.1, 0.15) is 33.3 Å². The lowest BCUT2D eigenvalue weighted by molar-refractivity contribution is -0.113. The molecule has 0 aliphatic heterocycles. The fourth-order valence-electron chi connectivity index (χ4n) is 2.66. The highest BCUT2D eigenvalue weighted by molar-refractivity contribution is 9.09. The number of rotatable bonds is 14. The van der Waals surface area contributed by atoms with E-state index >= 15 is 0 Å². The van der Waals surface area contributed by atoms with E-state index < -0.39 is 20.6 Å². The molecular weight excluding hydrogens is 484 g/mol. The Morgan fingerprint density at radius 1 is 0.897 bits per heavy atom. The van der Waals surface area contributed by atoms with Gasteiger partial charge in [-0.3, -0.25) is 13.9 Å². The van der Waals surface area contributed by atoms with Crippen LogP contribution in [0.5, 0.6) is 0 Å². The van der Waals surface area contributed by atoms with Gasteiger partial charge in [0.1, 0.15) is 0 Å². The van der Waals surface area contributed by atoms with Gasteiger partial charge in [0.2, 0.25) is 5.91 Å². The molecule has 0 aromatic heterocycles. The third-order valence-electron chi connectivity index (χ3n) is 3.74. The van der Waals surface area contributed by atoms with Crippen molar-refractivity contribution in [2.24, 2.45) is 0 Å². The topological polar surface area (TPSA) is 100 Å². The van der Waals surface area contributed by atoms with E-state index in [9.17, 15) is 13.9 Å². The molecule has 8 nitrogen and oxygen atoms in total. The number of halogens is 1. The highest BCUT2D eigenvalue weighted by atomic mass is 79.9. The predicted octanol–water partition coefficient (Wildman–Crippen LogP) is 5.42. The minimum absolute atomic E-state index is 0.0984. The maximum Gasteiger partial charge on any atom is 0.346 e. The summed E-state index contributed by atoms with van der Waals surface area (Å²) in [5, 5.41) is 1.80. The molecule has 0 saturated carbocycles. The summed E-state index contributed by atoms with van der Waals surface area (Å²) in [4.78, 5) is 11.5. The summed E-state index contributed by atoms with van der Waals surface area (Å²) in [6, 6.07) is 6.93. The SMILES string of the molecule is CCOP(=O)(OCC)C(Cc1ccc(NC(=O)CBr)cc1)P(=O)(OCC)OCC. The number of nitrogens with one attached hydrogen (secondary N) is 1. The van der Waals surface area contributed by atoms with Gasteiger partial charge in [-0.05, 0) is 51.8 Å². The van der Waals surface area contributed by atoms with Crippen LogP contribution in [-0.2, 0) is 38.4 Å². The van der Waals surface area contributed by atoms with Crippen molar-refractivity contribution in [3.05, 3.63) is 29.8 Å². The largest absolute Gasteiger partial charge is 0.346 e. The van der Waals surface area contributed by atoms with Gasteiger partial charge in [-0.15, -0.1) is 0 Å². The van der Waals surface area contributed by atoms with E-state index in [0.717, 1.165) is 5.56 Å². The van der Waals surface area contributed by atoms with Crippen molar-refractivity contribution >= 4 is 42.7 Å². The van der Waals surface area contributed by atoms with Crippen molar-refractivity contribution in [3.8, 4) is 0 Å². The van der Waals surface area contributed by atoms with Gasteiger partial charge in [-0.1, -0.05) is 28.1 Å². The molecule has 0 aliphatic carbocycles. The van der Waals surface area contributed by atoms with Crippen LogP contribution >= 0.6 is 31.1 Å². The molecule has 0 saturated heterocycles. The van der Waals surface area contributed by atoms with Gasteiger partial charge in [-0.25, -0.2) is 0 Å². The Morgan fingerprint density at radius 2 is 1.31 bits per heavy atom. The van der Waals surface area contributed by atoms with Crippen LogP contribution in [0.2, 0.25) is 0 Å². The number of benzene rings is 1. The lowest BCUT2D eigenvalue weighted by Gasteiger charge is -2.31. The van der Waals surface area contributed by atoms with Crippen molar-refractivity contribution in [1.82, 2.24) is 0 Å². The fourth-order valence-corrected chi connectivity index (χ4v) is 8.14. The predicted molar refractivity (Wildman–Crippen MR) is 118 cm³/mol. The van der Waals surface area contributed by atoms with E-state index in [1.807, 2.05) is 0 Å². The number of carbonyl (C=O) groups is 1. The molecule has 1 aromatic carbocycles. The van der Waals surface area contributed by atoms with Crippen molar-refractivity contribution in [3.63, 3.8) is 0 Å². The van der Waals surface area contributed by atoms with Crippen molar-refractivity contribution in [2.45, 2.75) is 39.5 Å². The first-order chi connectivity index (χ1) is 13.8. The lowest BCUT2D eigenvalue weighted by Crippen LogP contribution is -2.20. The van der Waals surface area contributed by atoms with Gasteiger partial charge in [-0.2, -0.15) is 0 Å². The summed E-state index contributed by atoms with van der Waals surface area (Å²) in [6.45, 7) is 7.28. The molecule has 0 aliphatic rings. The van der Waals surface area contributed by atoms with Gasteiger partial charge in [0.25, 0.3) is 0 Å². The zero-order valence-corrected chi connectivity index (χ0v) is 20.6. The molecule has 29 heavy (non-hydrogen) atoms. The van der Waals surface area contributed by atoms with Crippen LogP contribution in [-0.4, -0.2) is 43.1 Å². The average Bonchev–Trinajstić information content (AvgIpc) is 2.67. The maximum atomic E-state index is 13.5. The second-order valence-corrected chi connectivity index (χ2v) is 11.2. The van der Waals surface area contributed by atoms with Gasteiger partial charge < -0.3 is 23.4 Å². The highest BCUT2D eigenvalue weighted by Gasteiger charge is 2.50. The molecule has 0 unspecified atom stereocenters. The van der Waals surface area contributed by atoms with Crippen molar-refractivity contribution < 1.29 is 32.0 Å². The summed E-state index contributed by atoms with van der Waals surface area (Å²) in [7, 11) is -7.61. The number of alkyl halides is 1. The Bertz CT molecular complexity index is 679. The van der Waals surface area contributed by atoms with E-state index in [2.05, 4.69) is 21.2 Å². The number of carbonyl (C=O) groups excluding carboxylic acids is 1. The zero-order valence-electron chi connectivity index (χ0n) is 17.3. The minimum atomic E-state index is -3.80. The van der Waals surface area contributed by atoms with E-state index in [1.54, 1.807) is 52.0 Å². The molecule has 1 amide bonds. The molecule has 11 heteroatoms. The number of anilines is 1. The highest BCUT2D eigenvalue weighted by Crippen LogP contribution is 2.71. The molecule has 166 valence electrons. The van der Waals surface area contributed by atoms with Crippen molar-refractivity contribution in [1.29, 1.82) is 0 Å². The average molecular weight is 514 g/mol. The van der Waals surface area contributed by atoms with E-state index in [4.69, 9.17) is 18.1 Å². The second-order valence-electron chi connectivity index (χ2n) is 5.81. The first kappa shape index (κ1) is 26.5. The second kappa shape index (κ2) is 13.0.